The van der Waals surface area contributed by atoms with Crippen LogP contribution >= 0.6 is 24.0 Å². The lowest BCUT2D eigenvalue weighted by atomic mass is 9.91. The largest absolute Gasteiger partial charge is 0.342 e. The SMILES string of the molecule is CCNCC1CCN(C(=O)C2CNNC2c2cccc(Cl)c2)CC1.Cl. The maximum absolute atomic E-state index is 13.0. The molecule has 2 atom stereocenters. The van der Waals surface area contributed by atoms with E-state index in [1.165, 1.54) is 0 Å². The molecule has 1 amide bonds. The molecule has 0 bridgehead atoms. The van der Waals surface area contributed by atoms with Crippen molar-refractivity contribution in [2.75, 3.05) is 32.7 Å². The fraction of sp³-hybridized carbons (Fsp3) is 0.611. The summed E-state index contributed by atoms with van der Waals surface area (Å²) >= 11 is 6.11. The van der Waals surface area contributed by atoms with Crippen LogP contribution in [0, 0.1) is 11.8 Å². The quantitative estimate of drug-likeness (QED) is 0.726. The predicted molar refractivity (Wildman–Crippen MR) is 104 cm³/mol. The first-order chi connectivity index (χ1) is 11.7. The summed E-state index contributed by atoms with van der Waals surface area (Å²) in [6, 6.07) is 7.75. The lowest BCUT2D eigenvalue weighted by Crippen LogP contribution is -2.45. The Bertz CT molecular complexity index is 564. The van der Waals surface area contributed by atoms with Gasteiger partial charge in [-0.25, -0.2) is 5.43 Å². The van der Waals surface area contributed by atoms with Gasteiger partial charge in [0.05, 0.1) is 12.0 Å². The number of rotatable bonds is 5. The number of carbonyl (C=O) groups excluding carboxylic acids is 1. The standard InChI is InChI=1S/C18H27ClN4O.ClH/c1-2-20-11-13-6-8-23(9-7-13)18(24)16-12-21-22-17(16)14-4-3-5-15(19)10-14;/h3-5,10,13,16-17,20-22H,2,6-9,11-12H2,1H3;1H. The van der Waals surface area contributed by atoms with E-state index in [1.54, 1.807) is 0 Å². The third-order valence-corrected chi connectivity index (χ3v) is 5.35. The number of hydrazine groups is 1. The molecule has 2 saturated heterocycles. The number of nitrogens with one attached hydrogen (secondary N) is 3. The van der Waals surface area contributed by atoms with Crippen LogP contribution in [0.5, 0.6) is 0 Å². The average molecular weight is 387 g/mol. The lowest BCUT2D eigenvalue weighted by Gasteiger charge is -2.34. The number of hydrogen-bond acceptors (Lipinski definition) is 4. The number of halogens is 2. The van der Waals surface area contributed by atoms with Crippen molar-refractivity contribution in [3.63, 3.8) is 0 Å². The van der Waals surface area contributed by atoms with Crippen LogP contribution in [0.15, 0.2) is 24.3 Å². The molecule has 2 fully saturated rings. The van der Waals surface area contributed by atoms with Gasteiger partial charge in [0.2, 0.25) is 5.91 Å². The van der Waals surface area contributed by atoms with E-state index in [9.17, 15) is 4.79 Å². The van der Waals surface area contributed by atoms with Gasteiger partial charge in [0.25, 0.3) is 0 Å². The van der Waals surface area contributed by atoms with Gasteiger partial charge in [-0.2, -0.15) is 0 Å². The Balaban J connectivity index is 0.00000225. The summed E-state index contributed by atoms with van der Waals surface area (Å²) < 4.78 is 0. The number of amides is 1. The molecule has 3 rings (SSSR count). The molecule has 3 N–H and O–H groups in total. The molecular weight excluding hydrogens is 359 g/mol. The highest BCUT2D eigenvalue weighted by atomic mass is 35.5. The molecule has 2 aliphatic rings. The molecule has 0 radical (unpaired) electrons. The van der Waals surface area contributed by atoms with Crippen LogP contribution in [0.3, 0.4) is 0 Å². The van der Waals surface area contributed by atoms with E-state index in [0.29, 0.717) is 17.5 Å². The molecule has 2 heterocycles. The van der Waals surface area contributed by atoms with Crippen molar-refractivity contribution < 1.29 is 4.79 Å². The van der Waals surface area contributed by atoms with Crippen molar-refractivity contribution in [2.45, 2.75) is 25.8 Å². The molecule has 1 aromatic rings. The van der Waals surface area contributed by atoms with E-state index >= 15 is 0 Å². The van der Waals surface area contributed by atoms with Gasteiger partial charge in [-0.05, 0) is 49.5 Å². The van der Waals surface area contributed by atoms with Gasteiger partial charge in [0.1, 0.15) is 0 Å². The number of carbonyl (C=O) groups is 1. The molecular formula is C18H28Cl2N4O. The minimum atomic E-state index is -0.0752. The molecule has 0 aromatic heterocycles. The Morgan fingerprint density at radius 3 is 2.80 bits per heavy atom. The van der Waals surface area contributed by atoms with Gasteiger partial charge >= 0.3 is 0 Å². The summed E-state index contributed by atoms with van der Waals surface area (Å²) in [6.07, 6.45) is 2.18. The lowest BCUT2D eigenvalue weighted by molar-refractivity contribution is -0.136. The molecule has 1 aromatic carbocycles. The number of benzene rings is 1. The van der Waals surface area contributed by atoms with Crippen LogP contribution in [-0.2, 0) is 4.79 Å². The molecule has 25 heavy (non-hydrogen) atoms. The summed E-state index contributed by atoms with van der Waals surface area (Å²) in [5, 5.41) is 4.12. The maximum atomic E-state index is 13.0. The van der Waals surface area contributed by atoms with E-state index in [0.717, 1.165) is 44.6 Å². The van der Waals surface area contributed by atoms with Gasteiger partial charge < -0.3 is 10.2 Å². The Kier molecular flexibility index (Phi) is 7.97. The first-order valence-electron chi connectivity index (χ1n) is 8.92. The molecule has 140 valence electrons. The van der Waals surface area contributed by atoms with Crippen LogP contribution in [0.25, 0.3) is 0 Å². The van der Waals surface area contributed by atoms with Crippen LogP contribution in [-0.4, -0.2) is 43.5 Å². The number of nitrogens with zero attached hydrogens (tertiary/aromatic N) is 1. The third kappa shape index (κ3) is 5.08. The summed E-state index contributed by atoms with van der Waals surface area (Å²) in [5.74, 6) is 0.866. The third-order valence-electron chi connectivity index (χ3n) is 5.12. The van der Waals surface area contributed by atoms with Crippen molar-refractivity contribution in [3.05, 3.63) is 34.9 Å². The highest BCUT2D eigenvalue weighted by molar-refractivity contribution is 6.30. The Morgan fingerprint density at radius 2 is 2.12 bits per heavy atom. The smallest absolute Gasteiger partial charge is 0.229 e. The van der Waals surface area contributed by atoms with Crippen LogP contribution < -0.4 is 16.2 Å². The Morgan fingerprint density at radius 1 is 1.36 bits per heavy atom. The van der Waals surface area contributed by atoms with Crippen molar-refractivity contribution >= 4 is 29.9 Å². The molecule has 2 aliphatic heterocycles. The van der Waals surface area contributed by atoms with E-state index in [-0.39, 0.29) is 30.3 Å². The fourth-order valence-corrected chi connectivity index (χ4v) is 3.88. The van der Waals surface area contributed by atoms with Gasteiger partial charge in [-0.1, -0.05) is 30.7 Å². The van der Waals surface area contributed by atoms with Gasteiger partial charge in [-0.15, -0.1) is 12.4 Å². The summed E-state index contributed by atoms with van der Waals surface area (Å²) in [4.78, 5) is 15.0. The molecule has 0 aliphatic carbocycles. The van der Waals surface area contributed by atoms with E-state index in [2.05, 4.69) is 23.1 Å². The molecule has 2 unspecified atom stereocenters. The fourth-order valence-electron chi connectivity index (χ4n) is 3.68. The normalized spacial score (nSPS) is 24.2. The molecule has 0 saturated carbocycles. The van der Waals surface area contributed by atoms with Gasteiger partial charge in [0, 0.05) is 24.7 Å². The minimum absolute atomic E-state index is 0. The van der Waals surface area contributed by atoms with E-state index in [4.69, 9.17) is 11.6 Å². The predicted octanol–water partition coefficient (Wildman–Crippen LogP) is 2.38. The second kappa shape index (κ2) is 9.74. The zero-order valence-corrected chi connectivity index (χ0v) is 16.2. The van der Waals surface area contributed by atoms with Crippen molar-refractivity contribution in [1.29, 1.82) is 0 Å². The molecule has 7 heteroatoms. The monoisotopic (exact) mass is 386 g/mol. The second-order valence-corrected chi connectivity index (χ2v) is 7.18. The van der Waals surface area contributed by atoms with Crippen LogP contribution in [0.1, 0.15) is 31.4 Å². The summed E-state index contributed by atoms with van der Waals surface area (Å²) in [6.45, 7) is 6.61. The highest BCUT2D eigenvalue weighted by Crippen LogP contribution is 2.29. The van der Waals surface area contributed by atoms with Crippen LogP contribution in [0.4, 0.5) is 0 Å². The topological polar surface area (TPSA) is 56.4 Å². The summed E-state index contributed by atoms with van der Waals surface area (Å²) in [7, 11) is 0. The minimum Gasteiger partial charge on any atom is -0.342 e. The highest BCUT2D eigenvalue weighted by Gasteiger charge is 2.37. The Hall–Kier alpha value is -0.850. The number of likely N-dealkylation sites (tertiary alicyclic amines) is 1. The zero-order chi connectivity index (χ0) is 16.9. The first-order valence-corrected chi connectivity index (χ1v) is 9.30. The molecule has 0 spiro atoms. The number of piperidine rings is 1. The Labute approximate surface area is 161 Å². The van der Waals surface area contributed by atoms with Crippen molar-refractivity contribution in [1.82, 2.24) is 21.1 Å². The molecule has 5 nitrogen and oxygen atoms in total. The maximum Gasteiger partial charge on any atom is 0.229 e. The average Bonchev–Trinajstić information content (AvgIpc) is 3.09. The first kappa shape index (κ1) is 20.5. The van der Waals surface area contributed by atoms with E-state index < -0.39 is 0 Å². The van der Waals surface area contributed by atoms with Crippen LogP contribution in [0.2, 0.25) is 5.02 Å². The number of hydrogen-bond donors (Lipinski definition) is 3. The van der Waals surface area contributed by atoms with Gasteiger partial charge in [-0.3, -0.25) is 10.2 Å². The van der Waals surface area contributed by atoms with Crippen molar-refractivity contribution in [2.24, 2.45) is 11.8 Å². The van der Waals surface area contributed by atoms with Gasteiger partial charge in [0.15, 0.2) is 0 Å². The second-order valence-electron chi connectivity index (χ2n) is 6.74. The zero-order valence-electron chi connectivity index (χ0n) is 14.6. The van der Waals surface area contributed by atoms with Crippen molar-refractivity contribution in [3.8, 4) is 0 Å². The summed E-state index contributed by atoms with van der Waals surface area (Å²) in [5.41, 5.74) is 7.45. The van der Waals surface area contributed by atoms with E-state index in [1.807, 2.05) is 29.2 Å².